The number of nitro groups is 1. The lowest BCUT2D eigenvalue weighted by Crippen LogP contribution is -2.47. The van der Waals surface area contributed by atoms with Gasteiger partial charge in [-0.05, 0) is 31.7 Å². The van der Waals surface area contributed by atoms with E-state index < -0.39 is 22.8 Å². The van der Waals surface area contributed by atoms with E-state index in [1.165, 1.54) is 11.0 Å². The van der Waals surface area contributed by atoms with E-state index in [0.717, 1.165) is 0 Å². The van der Waals surface area contributed by atoms with Crippen molar-refractivity contribution in [2.45, 2.75) is 27.2 Å². The van der Waals surface area contributed by atoms with Crippen molar-refractivity contribution >= 4 is 23.4 Å². The Bertz CT molecular complexity index is 689. The molecule has 0 radical (unpaired) electrons. The lowest BCUT2D eigenvalue weighted by atomic mass is 9.91. The largest absolute Gasteiger partial charge is 0.481 e. The fourth-order valence-corrected chi connectivity index (χ4v) is 3.11. The maximum atomic E-state index is 12.5. The van der Waals surface area contributed by atoms with Crippen molar-refractivity contribution in [3.63, 3.8) is 0 Å². The first-order valence-corrected chi connectivity index (χ1v) is 7.74. The summed E-state index contributed by atoms with van der Waals surface area (Å²) in [7, 11) is 0. The molecular formula is C16H21N3O5. The van der Waals surface area contributed by atoms with Crippen molar-refractivity contribution in [1.82, 2.24) is 4.90 Å². The molecule has 2 amide bonds. The molecule has 1 fully saturated rings. The van der Waals surface area contributed by atoms with Crippen LogP contribution < -0.4 is 5.32 Å². The second-order valence-corrected chi connectivity index (χ2v) is 6.37. The summed E-state index contributed by atoms with van der Waals surface area (Å²) in [6.45, 7) is 5.84. The maximum absolute atomic E-state index is 12.5. The molecule has 1 aromatic rings. The number of nitrogens with zero attached hydrogens (tertiary/aromatic N) is 2. The number of carbonyl (C=O) groups excluding carboxylic acids is 1. The third-order valence-corrected chi connectivity index (χ3v) is 4.37. The zero-order valence-electron chi connectivity index (χ0n) is 13.9. The molecule has 1 aliphatic rings. The normalized spacial score (nSPS) is 20.5. The van der Waals surface area contributed by atoms with Crippen molar-refractivity contribution in [2.75, 3.05) is 18.4 Å². The molecule has 2 atom stereocenters. The van der Waals surface area contributed by atoms with Crippen LogP contribution in [-0.2, 0) is 4.79 Å². The minimum atomic E-state index is -0.915. The summed E-state index contributed by atoms with van der Waals surface area (Å²) in [5.41, 5.74) is 1.44. The van der Waals surface area contributed by atoms with Crippen LogP contribution in [0.5, 0.6) is 0 Å². The van der Waals surface area contributed by atoms with E-state index in [4.69, 9.17) is 0 Å². The number of carbonyl (C=O) groups is 2. The first-order chi connectivity index (χ1) is 11.2. The lowest BCUT2D eigenvalue weighted by molar-refractivity contribution is -0.385. The Balaban J connectivity index is 2.22. The fourth-order valence-electron chi connectivity index (χ4n) is 3.11. The molecule has 24 heavy (non-hydrogen) atoms. The molecule has 1 heterocycles. The molecule has 1 aliphatic heterocycles. The standard InChI is InChI=1S/C16H21N3O5/c1-9-6-12(15(20)21)8-18(7-9)16(22)17-14-10(2)4-5-13(11(14)3)19(23)24/h4-5,9,12H,6-8H2,1-3H3,(H,17,22)(H,20,21). The molecule has 0 aromatic heterocycles. The van der Waals surface area contributed by atoms with Gasteiger partial charge >= 0.3 is 12.0 Å². The summed E-state index contributed by atoms with van der Waals surface area (Å²) >= 11 is 0. The molecule has 0 saturated carbocycles. The Kier molecular flexibility index (Phi) is 5.06. The van der Waals surface area contributed by atoms with Crippen molar-refractivity contribution in [3.05, 3.63) is 33.4 Å². The molecule has 0 spiro atoms. The summed E-state index contributed by atoms with van der Waals surface area (Å²) in [4.78, 5) is 35.8. The minimum Gasteiger partial charge on any atom is -0.481 e. The van der Waals surface area contributed by atoms with Crippen LogP contribution >= 0.6 is 0 Å². The Morgan fingerprint density at radius 1 is 1.33 bits per heavy atom. The quantitative estimate of drug-likeness (QED) is 0.651. The first kappa shape index (κ1) is 17.7. The monoisotopic (exact) mass is 335 g/mol. The maximum Gasteiger partial charge on any atom is 0.321 e. The molecule has 1 saturated heterocycles. The number of rotatable bonds is 3. The van der Waals surface area contributed by atoms with Gasteiger partial charge in [-0.1, -0.05) is 13.0 Å². The summed E-state index contributed by atoms with van der Waals surface area (Å²) in [6, 6.07) is 2.56. The van der Waals surface area contributed by atoms with Crippen LogP contribution in [0.1, 0.15) is 24.5 Å². The van der Waals surface area contributed by atoms with Crippen molar-refractivity contribution in [2.24, 2.45) is 11.8 Å². The number of anilines is 1. The van der Waals surface area contributed by atoms with Gasteiger partial charge in [0.1, 0.15) is 0 Å². The Labute approximate surface area is 139 Å². The topological polar surface area (TPSA) is 113 Å². The van der Waals surface area contributed by atoms with Crippen LogP contribution in [0.15, 0.2) is 12.1 Å². The summed E-state index contributed by atoms with van der Waals surface area (Å²) in [5, 5.41) is 23.0. The SMILES string of the molecule is Cc1ccc([N+](=O)[O-])c(C)c1NC(=O)N1CC(C)CC(C(=O)O)C1. The van der Waals surface area contributed by atoms with E-state index in [1.54, 1.807) is 19.9 Å². The average molecular weight is 335 g/mol. The number of piperidine rings is 1. The van der Waals surface area contributed by atoms with E-state index in [9.17, 15) is 24.8 Å². The molecule has 8 heteroatoms. The van der Waals surface area contributed by atoms with Crippen molar-refractivity contribution < 1.29 is 19.6 Å². The molecule has 8 nitrogen and oxygen atoms in total. The van der Waals surface area contributed by atoms with Gasteiger partial charge in [-0.15, -0.1) is 0 Å². The average Bonchev–Trinajstić information content (AvgIpc) is 2.50. The van der Waals surface area contributed by atoms with Crippen LogP contribution in [-0.4, -0.2) is 40.0 Å². The van der Waals surface area contributed by atoms with Gasteiger partial charge in [-0.2, -0.15) is 0 Å². The molecule has 1 aromatic carbocycles. The highest BCUT2D eigenvalue weighted by Gasteiger charge is 2.32. The molecule has 2 N–H and O–H groups in total. The van der Waals surface area contributed by atoms with E-state index >= 15 is 0 Å². The molecular weight excluding hydrogens is 314 g/mol. The van der Waals surface area contributed by atoms with Crippen molar-refractivity contribution in [1.29, 1.82) is 0 Å². The predicted molar refractivity (Wildman–Crippen MR) is 88.1 cm³/mol. The lowest BCUT2D eigenvalue weighted by Gasteiger charge is -2.34. The van der Waals surface area contributed by atoms with Gasteiger partial charge in [0.25, 0.3) is 5.69 Å². The number of hydrogen-bond donors (Lipinski definition) is 2. The first-order valence-electron chi connectivity index (χ1n) is 7.74. The van der Waals surface area contributed by atoms with Gasteiger partial charge in [0.05, 0.1) is 22.1 Å². The van der Waals surface area contributed by atoms with E-state index in [-0.39, 0.29) is 18.2 Å². The zero-order chi connectivity index (χ0) is 18.0. The van der Waals surface area contributed by atoms with Gasteiger partial charge in [-0.3, -0.25) is 14.9 Å². The molecule has 0 aliphatic carbocycles. The van der Waals surface area contributed by atoms with Crippen LogP contribution in [0, 0.1) is 35.8 Å². The smallest absolute Gasteiger partial charge is 0.321 e. The number of amides is 2. The number of nitro benzene ring substituents is 1. The van der Waals surface area contributed by atoms with Crippen LogP contribution in [0.4, 0.5) is 16.2 Å². The highest BCUT2D eigenvalue weighted by molar-refractivity contribution is 5.92. The Morgan fingerprint density at radius 3 is 2.58 bits per heavy atom. The highest BCUT2D eigenvalue weighted by atomic mass is 16.6. The summed E-state index contributed by atoms with van der Waals surface area (Å²) < 4.78 is 0. The number of benzene rings is 1. The number of carboxylic acid groups (broad SMARTS) is 1. The van der Waals surface area contributed by atoms with Crippen LogP contribution in [0.3, 0.4) is 0 Å². The number of aryl methyl sites for hydroxylation is 1. The number of carboxylic acids is 1. The van der Waals surface area contributed by atoms with Crippen LogP contribution in [0.25, 0.3) is 0 Å². The number of likely N-dealkylation sites (tertiary alicyclic amines) is 1. The number of hydrogen-bond acceptors (Lipinski definition) is 4. The third-order valence-electron chi connectivity index (χ3n) is 4.37. The van der Waals surface area contributed by atoms with E-state index in [1.807, 2.05) is 6.92 Å². The molecule has 2 unspecified atom stereocenters. The molecule has 130 valence electrons. The minimum absolute atomic E-state index is 0.0636. The zero-order valence-corrected chi connectivity index (χ0v) is 13.9. The Morgan fingerprint density at radius 2 is 2.00 bits per heavy atom. The summed E-state index contributed by atoms with van der Waals surface area (Å²) in [5.74, 6) is -1.42. The third kappa shape index (κ3) is 3.64. The van der Waals surface area contributed by atoms with Gasteiger partial charge in [0, 0.05) is 19.2 Å². The van der Waals surface area contributed by atoms with E-state index in [0.29, 0.717) is 29.8 Å². The van der Waals surface area contributed by atoms with Gasteiger partial charge < -0.3 is 15.3 Å². The number of nitrogens with one attached hydrogen (secondary N) is 1. The number of urea groups is 1. The molecule has 2 rings (SSSR count). The highest BCUT2D eigenvalue weighted by Crippen LogP contribution is 2.30. The Hall–Kier alpha value is -2.64. The van der Waals surface area contributed by atoms with Crippen molar-refractivity contribution in [3.8, 4) is 0 Å². The van der Waals surface area contributed by atoms with Gasteiger partial charge in [-0.25, -0.2) is 4.79 Å². The fraction of sp³-hybridized carbons (Fsp3) is 0.500. The second kappa shape index (κ2) is 6.86. The second-order valence-electron chi connectivity index (χ2n) is 6.37. The molecule has 0 bridgehead atoms. The van der Waals surface area contributed by atoms with Gasteiger partial charge in [0.15, 0.2) is 0 Å². The predicted octanol–water partition coefficient (Wildman–Crippen LogP) is 2.79. The van der Waals surface area contributed by atoms with Crippen LogP contribution in [0.2, 0.25) is 0 Å². The summed E-state index contributed by atoms with van der Waals surface area (Å²) in [6.07, 6.45) is 0.536. The van der Waals surface area contributed by atoms with Gasteiger partial charge in [0.2, 0.25) is 0 Å². The number of aliphatic carboxylic acids is 1. The van der Waals surface area contributed by atoms with E-state index in [2.05, 4.69) is 5.32 Å².